The first-order chi connectivity index (χ1) is 13.1. The molecule has 8 heteroatoms. The molecular weight excluding hydrogens is 346 g/mol. The number of urea groups is 1. The number of aryl methyl sites for hydroxylation is 1. The summed E-state index contributed by atoms with van der Waals surface area (Å²) in [6.07, 6.45) is 3.77. The first kappa shape index (κ1) is 19.7. The third-order valence-corrected chi connectivity index (χ3v) is 5.32. The minimum atomic E-state index is 0.00383. The van der Waals surface area contributed by atoms with Crippen molar-refractivity contribution in [1.82, 2.24) is 24.9 Å². The number of rotatable bonds is 6. The number of carbonyl (C=O) groups excluding carboxylic acids is 2. The van der Waals surface area contributed by atoms with Gasteiger partial charge in [0.2, 0.25) is 0 Å². The molecule has 1 fully saturated rings. The van der Waals surface area contributed by atoms with Crippen LogP contribution in [0.25, 0.3) is 0 Å². The summed E-state index contributed by atoms with van der Waals surface area (Å²) in [4.78, 5) is 28.9. The van der Waals surface area contributed by atoms with Crippen LogP contribution in [0.5, 0.6) is 0 Å². The Morgan fingerprint density at radius 3 is 2.96 bits per heavy atom. The smallest absolute Gasteiger partial charge is 0.317 e. The van der Waals surface area contributed by atoms with Crippen LogP contribution < -0.4 is 5.32 Å². The fourth-order valence-corrected chi connectivity index (χ4v) is 3.82. The number of aromatic nitrogens is 2. The molecule has 150 valence electrons. The van der Waals surface area contributed by atoms with Gasteiger partial charge in [-0.05, 0) is 31.7 Å². The Labute approximate surface area is 160 Å². The zero-order valence-electron chi connectivity index (χ0n) is 16.4. The molecule has 8 nitrogen and oxygen atoms in total. The largest absolute Gasteiger partial charge is 0.383 e. The molecular formula is C19H31N5O3. The van der Waals surface area contributed by atoms with Crippen molar-refractivity contribution >= 4 is 11.9 Å². The summed E-state index contributed by atoms with van der Waals surface area (Å²) < 4.78 is 6.97. The predicted molar refractivity (Wildman–Crippen MR) is 102 cm³/mol. The lowest BCUT2D eigenvalue weighted by Gasteiger charge is -2.32. The summed E-state index contributed by atoms with van der Waals surface area (Å²) in [5, 5.41) is 7.69. The number of nitrogens with one attached hydrogen (secondary N) is 1. The van der Waals surface area contributed by atoms with Crippen molar-refractivity contribution in [1.29, 1.82) is 0 Å². The highest BCUT2D eigenvalue weighted by molar-refractivity contribution is 5.93. The summed E-state index contributed by atoms with van der Waals surface area (Å²) in [6.45, 7) is 6.81. The van der Waals surface area contributed by atoms with E-state index in [-0.39, 0.29) is 17.9 Å². The van der Waals surface area contributed by atoms with Crippen molar-refractivity contribution in [2.75, 3.05) is 46.4 Å². The van der Waals surface area contributed by atoms with E-state index >= 15 is 0 Å². The predicted octanol–water partition coefficient (Wildman–Crippen LogP) is 1.67. The van der Waals surface area contributed by atoms with Crippen LogP contribution in [0.2, 0.25) is 0 Å². The van der Waals surface area contributed by atoms with E-state index < -0.39 is 0 Å². The molecule has 0 aromatic carbocycles. The van der Waals surface area contributed by atoms with E-state index in [4.69, 9.17) is 9.84 Å². The van der Waals surface area contributed by atoms with Crippen molar-refractivity contribution < 1.29 is 14.3 Å². The molecule has 1 aromatic rings. The van der Waals surface area contributed by atoms with Gasteiger partial charge in [-0.1, -0.05) is 6.92 Å². The lowest BCUT2D eigenvalue weighted by Crippen LogP contribution is -2.45. The fraction of sp³-hybridized carbons (Fsp3) is 0.737. The minimum Gasteiger partial charge on any atom is -0.383 e. The van der Waals surface area contributed by atoms with Crippen LogP contribution in [0, 0.1) is 0 Å². The highest BCUT2D eigenvalue weighted by Crippen LogP contribution is 2.27. The van der Waals surface area contributed by atoms with Crippen LogP contribution >= 0.6 is 0 Å². The number of amides is 3. The van der Waals surface area contributed by atoms with E-state index in [1.165, 1.54) is 0 Å². The van der Waals surface area contributed by atoms with Gasteiger partial charge in [-0.15, -0.1) is 0 Å². The lowest BCUT2D eigenvalue weighted by molar-refractivity contribution is 0.0698. The highest BCUT2D eigenvalue weighted by atomic mass is 16.5. The van der Waals surface area contributed by atoms with Crippen LogP contribution in [0.15, 0.2) is 6.07 Å². The SMILES string of the molecule is CCCNC(=O)N1CCCC(c2cc3n(n2)CCCN(CCOC)C3=O)C1. The summed E-state index contributed by atoms with van der Waals surface area (Å²) in [6, 6.07) is 1.94. The van der Waals surface area contributed by atoms with Gasteiger partial charge >= 0.3 is 6.03 Å². The van der Waals surface area contributed by atoms with E-state index in [9.17, 15) is 9.59 Å². The van der Waals surface area contributed by atoms with Gasteiger partial charge in [-0.3, -0.25) is 9.48 Å². The molecule has 2 aliphatic rings. The molecule has 0 aliphatic carbocycles. The third kappa shape index (κ3) is 4.61. The Morgan fingerprint density at radius 2 is 2.19 bits per heavy atom. The van der Waals surface area contributed by atoms with E-state index in [1.807, 2.05) is 27.5 Å². The van der Waals surface area contributed by atoms with Gasteiger partial charge < -0.3 is 19.9 Å². The Bertz CT molecular complexity index is 660. The van der Waals surface area contributed by atoms with Gasteiger partial charge in [-0.25, -0.2) is 4.79 Å². The van der Waals surface area contributed by atoms with Crippen LogP contribution in [-0.4, -0.2) is 78.0 Å². The Kier molecular flexibility index (Phi) is 6.71. The third-order valence-electron chi connectivity index (χ3n) is 5.32. The molecule has 1 saturated heterocycles. The molecule has 0 radical (unpaired) electrons. The second-order valence-electron chi connectivity index (χ2n) is 7.33. The molecule has 1 aromatic heterocycles. The van der Waals surface area contributed by atoms with Crippen LogP contribution in [-0.2, 0) is 11.3 Å². The average Bonchev–Trinajstić information content (AvgIpc) is 3.06. The quantitative estimate of drug-likeness (QED) is 0.818. The van der Waals surface area contributed by atoms with Crippen molar-refractivity contribution in [2.45, 2.75) is 45.1 Å². The number of likely N-dealkylation sites (tertiary alicyclic amines) is 1. The van der Waals surface area contributed by atoms with E-state index in [0.29, 0.717) is 31.9 Å². The highest BCUT2D eigenvalue weighted by Gasteiger charge is 2.30. The normalized spacial score (nSPS) is 20.4. The van der Waals surface area contributed by atoms with Crippen molar-refractivity contribution in [3.63, 3.8) is 0 Å². The van der Waals surface area contributed by atoms with Gasteiger partial charge in [0.1, 0.15) is 5.69 Å². The molecule has 1 unspecified atom stereocenters. The van der Waals surface area contributed by atoms with Gasteiger partial charge in [0.15, 0.2) is 0 Å². The second-order valence-corrected chi connectivity index (χ2v) is 7.33. The average molecular weight is 377 g/mol. The van der Waals surface area contributed by atoms with Gasteiger partial charge in [0.25, 0.3) is 5.91 Å². The number of fused-ring (bicyclic) bond motifs is 1. The summed E-state index contributed by atoms with van der Waals surface area (Å²) in [5.74, 6) is 0.211. The Hall–Kier alpha value is -2.09. The van der Waals surface area contributed by atoms with E-state index in [2.05, 4.69) is 5.32 Å². The van der Waals surface area contributed by atoms with Crippen molar-refractivity contribution in [3.8, 4) is 0 Å². The van der Waals surface area contributed by atoms with Crippen molar-refractivity contribution in [2.24, 2.45) is 0 Å². The lowest BCUT2D eigenvalue weighted by atomic mass is 9.95. The van der Waals surface area contributed by atoms with Crippen LogP contribution in [0.3, 0.4) is 0 Å². The van der Waals surface area contributed by atoms with Crippen LogP contribution in [0.4, 0.5) is 4.79 Å². The summed E-state index contributed by atoms with van der Waals surface area (Å²) in [5.41, 5.74) is 1.59. The second kappa shape index (κ2) is 9.21. The molecule has 1 N–H and O–H groups in total. The molecule has 1 atom stereocenters. The van der Waals surface area contributed by atoms with E-state index in [1.54, 1.807) is 7.11 Å². The van der Waals surface area contributed by atoms with Gasteiger partial charge in [0.05, 0.1) is 12.3 Å². The summed E-state index contributed by atoms with van der Waals surface area (Å²) in [7, 11) is 1.65. The Morgan fingerprint density at radius 1 is 1.33 bits per heavy atom. The number of methoxy groups -OCH3 is 1. The molecule has 0 saturated carbocycles. The molecule has 2 aliphatic heterocycles. The first-order valence-corrected chi connectivity index (χ1v) is 10.0. The minimum absolute atomic E-state index is 0.00383. The fourth-order valence-electron chi connectivity index (χ4n) is 3.82. The number of ether oxygens (including phenoxy) is 1. The molecule has 3 amide bonds. The molecule has 0 bridgehead atoms. The van der Waals surface area contributed by atoms with Crippen LogP contribution in [0.1, 0.15) is 54.7 Å². The Balaban J connectivity index is 1.70. The molecule has 3 rings (SSSR count). The molecule has 0 spiro atoms. The standard InChI is InChI=1S/C19H31N5O3/c1-3-7-20-19(26)23-8-4-6-15(14-23)16-13-17-18(25)22(11-12-27-2)9-5-10-24(17)21-16/h13,15H,3-12,14H2,1-2H3,(H,20,26). The maximum atomic E-state index is 12.9. The number of hydrogen-bond donors (Lipinski definition) is 1. The topological polar surface area (TPSA) is 79.7 Å². The van der Waals surface area contributed by atoms with Crippen molar-refractivity contribution in [3.05, 3.63) is 17.5 Å². The first-order valence-electron chi connectivity index (χ1n) is 10.0. The zero-order valence-corrected chi connectivity index (χ0v) is 16.4. The van der Waals surface area contributed by atoms with Gasteiger partial charge in [0, 0.05) is 52.3 Å². The monoisotopic (exact) mass is 377 g/mol. The molecule has 3 heterocycles. The molecule has 27 heavy (non-hydrogen) atoms. The number of nitrogens with zero attached hydrogens (tertiary/aromatic N) is 4. The zero-order chi connectivity index (χ0) is 19.2. The number of carbonyl (C=O) groups is 2. The number of piperidine rings is 1. The summed E-state index contributed by atoms with van der Waals surface area (Å²) >= 11 is 0. The van der Waals surface area contributed by atoms with E-state index in [0.717, 1.165) is 51.0 Å². The maximum Gasteiger partial charge on any atom is 0.317 e. The van der Waals surface area contributed by atoms with Gasteiger partial charge in [-0.2, -0.15) is 5.10 Å². The number of hydrogen-bond acceptors (Lipinski definition) is 4. The maximum absolute atomic E-state index is 12.9.